The zero-order valence-electron chi connectivity index (χ0n) is 14.1. The Hall–Kier alpha value is -2.89. The van der Waals surface area contributed by atoms with Gasteiger partial charge in [0.2, 0.25) is 5.91 Å². The summed E-state index contributed by atoms with van der Waals surface area (Å²) in [5, 5.41) is 0. The number of hydrogen-bond acceptors (Lipinski definition) is 3. The number of ether oxygens (including phenoxy) is 1. The number of carbonyl (C=O) groups is 2. The highest BCUT2D eigenvalue weighted by molar-refractivity contribution is 6.02. The topological polar surface area (TPSA) is 49.9 Å². The molecule has 0 unspecified atom stereocenters. The van der Waals surface area contributed by atoms with Gasteiger partial charge in [0.25, 0.3) is 5.91 Å². The summed E-state index contributed by atoms with van der Waals surface area (Å²) in [5.74, 6) is -0.193. The molecule has 2 aromatic rings. The highest BCUT2D eigenvalue weighted by Crippen LogP contribution is 2.31. The molecule has 6 heteroatoms. The summed E-state index contributed by atoms with van der Waals surface area (Å²) in [6.45, 7) is 1.71. The molecule has 0 bridgehead atoms. The largest absolute Gasteiger partial charge is 0.482 e. The minimum Gasteiger partial charge on any atom is -0.482 e. The molecule has 1 aliphatic rings. The normalized spacial score (nSPS) is 14.5. The van der Waals surface area contributed by atoms with E-state index in [4.69, 9.17) is 4.74 Å². The van der Waals surface area contributed by atoms with Crippen LogP contribution in [0.2, 0.25) is 0 Å². The molecule has 5 nitrogen and oxygen atoms in total. The van der Waals surface area contributed by atoms with Crippen molar-refractivity contribution in [3.8, 4) is 5.75 Å². The van der Waals surface area contributed by atoms with Crippen LogP contribution in [0.15, 0.2) is 48.5 Å². The van der Waals surface area contributed by atoms with E-state index in [1.165, 1.54) is 17.0 Å². The molecule has 0 aliphatic carbocycles. The van der Waals surface area contributed by atoms with Gasteiger partial charge in [-0.1, -0.05) is 24.3 Å². The minimum atomic E-state index is -0.319. The second-order valence-corrected chi connectivity index (χ2v) is 5.97. The maximum absolute atomic E-state index is 13.1. The number of benzene rings is 2. The van der Waals surface area contributed by atoms with Crippen molar-refractivity contribution in [1.82, 2.24) is 4.90 Å². The second kappa shape index (κ2) is 6.93. The van der Waals surface area contributed by atoms with Gasteiger partial charge in [-0.15, -0.1) is 0 Å². The lowest BCUT2D eigenvalue weighted by Crippen LogP contribution is -2.46. The second-order valence-electron chi connectivity index (χ2n) is 5.97. The zero-order chi connectivity index (χ0) is 18.0. The molecule has 2 aromatic carbocycles. The average Bonchev–Trinajstić information content (AvgIpc) is 2.63. The fraction of sp³-hybridized carbons (Fsp3) is 0.263. The van der Waals surface area contributed by atoms with E-state index in [-0.39, 0.29) is 36.8 Å². The number of likely N-dealkylation sites (N-methyl/N-ethyl adjacent to an activating group) is 1. The van der Waals surface area contributed by atoms with Crippen molar-refractivity contribution in [3.63, 3.8) is 0 Å². The lowest BCUT2D eigenvalue weighted by atomic mass is 10.1. The number of anilines is 1. The van der Waals surface area contributed by atoms with Crippen LogP contribution < -0.4 is 9.64 Å². The summed E-state index contributed by atoms with van der Waals surface area (Å²) < 4.78 is 18.5. The van der Waals surface area contributed by atoms with Crippen LogP contribution in [0.3, 0.4) is 0 Å². The molecule has 3 rings (SSSR count). The molecule has 0 fully saturated rings. The Morgan fingerprint density at radius 2 is 1.92 bits per heavy atom. The molecule has 1 heterocycles. The van der Waals surface area contributed by atoms with E-state index in [0.29, 0.717) is 11.4 Å². The number of nitrogens with zero attached hydrogens (tertiary/aromatic N) is 2. The van der Waals surface area contributed by atoms with E-state index in [9.17, 15) is 14.0 Å². The fourth-order valence-electron chi connectivity index (χ4n) is 2.75. The fourth-order valence-corrected chi connectivity index (χ4v) is 2.75. The van der Waals surface area contributed by atoms with Crippen LogP contribution in [0.1, 0.15) is 18.5 Å². The van der Waals surface area contributed by atoms with E-state index in [1.807, 2.05) is 13.0 Å². The van der Waals surface area contributed by atoms with Crippen LogP contribution in [0.25, 0.3) is 0 Å². The van der Waals surface area contributed by atoms with Gasteiger partial charge >= 0.3 is 0 Å². The van der Waals surface area contributed by atoms with Gasteiger partial charge in [-0.3, -0.25) is 14.5 Å². The maximum atomic E-state index is 13.1. The molecule has 130 valence electrons. The standard InChI is InChI=1S/C19H19FN2O3/c1-13(14-7-9-15(20)10-8-14)21(2)18(23)11-22-16-5-3-4-6-17(16)25-12-19(22)24/h3-10,13H,11-12H2,1-2H3/t13-/m0/s1. The number of para-hydroxylation sites is 2. The van der Waals surface area contributed by atoms with Crippen LogP contribution in [0.4, 0.5) is 10.1 Å². The zero-order valence-corrected chi connectivity index (χ0v) is 14.1. The summed E-state index contributed by atoms with van der Waals surface area (Å²) in [6, 6.07) is 12.9. The molecule has 0 aromatic heterocycles. The number of rotatable bonds is 4. The third kappa shape index (κ3) is 3.47. The first-order valence-electron chi connectivity index (χ1n) is 8.00. The Morgan fingerprint density at radius 3 is 2.64 bits per heavy atom. The number of amides is 2. The summed E-state index contributed by atoms with van der Waals surface area (Å²) in [5.41, 5.74) is 1.42. The Labute approximate surface area is 145 Å². The molecule has 25 heavy (non-hydrogen) atoms. The highest BCUT2D eigenvalue weighted by atomic mass is 19.1. The van der Waals surface area contributed by atoms with E-state index >= 15 is 0 Å². The minimum absolute atomic E-state index is 0.0682. The monoisotopic (exact) mass is 342 g/mol. The molecule has 2 amide bonds. The number of halogens is 1. The van der Waals surface area contributed by atoms with Gasteiger partial charge in [0.05, 0.1) is 11.7 Å². The molecular formula is C19H19FN2O3. The van der Waals surface area contributed by atoms with Gasteiger partial charge in [0, 0.05) is 7.05 Å². The van der Waals surface area contributed by atoms with E-state index in [2.05, 4.69) is 0 Å². The summed E-state index contributed by atoms with van der Waals surface area (Å²) >= 11 is 0. The van der Waals surface area contributed by atoms with E-state index < -0.39 is 0 Å². The molecular weight excluding hydrogens is 323 g/mol. The first-order valence-corrected chi connectivity index (χ1v) is 8.00. The van der Waals surface area contributed by atoms with Crippen LogP contribution in [0.5, 0.6) is 5.75 Å². The van der Waals surface area contributed by atoms with Crippen molar-refractivity contribution in [3.05, 3.63) is 59.9 Å². The van der Waals surface area contributed by atoms with Crippen molar-refractivity contribution in [2.75, 3.05) is 25.1 Å². The summed E-state index contributed by atoms with van der Waals surface area (Å²) in [6.07, 6.45) is 0. The van der Waals surface area contributed by atoms with Gasteiger partial charge in [-0.05, 0) is 36.8 Å². The first kappa shape index (κ1) is 17.0. The van der Waals surface area contributed by atoms with Crippen molar-refractivity contribution >= 4 is 17.5 Å². The van der Waals surface area contributed by atoms with Crippen molar-refractivity contribution < 1.29 is 18.7 Å². The number of carbonyl (C=O) groups excluding carboxylic acids is 2. The van der Waals surface area contributed by atoms with Gasteiger partial charge in [-0.2, -0.15) is 0 Å². The van der Waals surface area contributed by atoms with Crippen molar-refractivity contribution in [2.24, 2.45) is 0 Å². The Morgan fingerprint density at radius 1 is 1.24 bits per heavy atom. The van der Waals surface area contributed by atoms with Crippen LogP contribution >= 0.6 is 0 Å². The summed E-state index contributed by atoms with van der Waals surface area (Å²) in [7, 11) is 1.67. The maximum Gasteiger partial charge on any atom is 0.265 e. The average molecular weight is 342 g/mol. The smallest absolute Gasteiger partial charge is 0.265 e. The number of hydrogen-bond donors (Lipinski definition) is 0. The van der Waals surface area contributed by atoms with E-state index in [1.54, 1.807) is 42.3 Å². The van der Waals surface area contributed by atoms with Crippen LogP contribution in [-0.2, 0) is 9.59 Å². The first-order chi connectivity index (χ1) is 12.0. The molecule has 1 atom stereocenters. The third-order valence-electron chi connectivity index (χ3n) is 4.43. The number of fused-ring (bicyclic) bond motifs is 1. The predicted molar refractivity (Wildman–Crippen MR) is 91.9 cm³/mol. The SMILES string of the molecule is C[C@@H](c1ccc(F)cc1)N(C)C(=O)CN1C(=O)COc2ccccc21. The third-order valence-corrected chi connectivity index (χ3v) is 4.43. The van der Waals surface area contributed by atoms with Gasteiger partial charge in [-0.25, -0.2) is 4.39 Å². The highest BCUT2D eigenvalue weighted by Gasteiger charge is 2.29. The van der Waals surface area contributed by atoms with Gasteiger partial charge in [0.15, 0.2) is 6.61 Å². The molecule has 1 aliphatic heterocycles. The quantitative estimate of drug-likeness (QED) is 0.858. The molecule has 0 spiro atoms. The molecule has 0 radical (unpaired) electrons. The van der Waals surface area contributed by atoms with Crippen LogP contribution in [-0.4, -0.2) is 36.9 Å². The predicted octanol–water partition coefficient (Wildman–Crippen LogP) is 2.77. The van der Waals surface area contributed by atoms with Gasteiger partial charge < -0.3 is 9.64 Å². The lowest BCUT2D eigenvalue weighted by Gasteiger charge is -2.32. The van der Waals surface area contributed by atoms with Crippen LogP contribution in [0, 0.1) is 5.82 Å². The Bertz CT molecular complexity index is 792. The Balaban J connectivity index is 1.75. The molecule has 0 saturated heterocycles. The molecule has 0 saturated carbocycles. The van der Waals surface area contributed by atoms with E-state index in [0.717, 1.165) is 5.56 Å². The van der Waals surface area contributed by atoms with Crippen molar-refractivity contribution in [2.45, 2.75) is 13.0 Å². The lowest BCUT2D eigenvalue weighted by molar-refractivity contribution is -0.132. The van der Waals surface area contributed by atoms with Gasteiger partial charge in [0.1, 0.15) is 18.1 Å². The summed E-state index contributed by atoms with van der Waals surface area (Å²) in [4.78, 5) is 27.8. The van der Waals surface area contributed by atoms with Crippen molar-refractivity contribution in [1.29, 1.82) is 0 Å². The Kier molecular flexibility index (Phi) is 4.70. The molecule has 0 N–H and O–H groups in total.